The molecular formula is C19H20O4S. The van der Waals surface area contributed by atoms with Gasteiger partial charge in [0.15, 0.2) is 9.84 Å². The van der Waals surface area contributed by atoms with Crippen molar-refractivity contribution in [1.29, 1.82) is 0 Å². The molecule has 0 unspecified atom stereocenters. The topological polar surface area (TPSA) is 52.6 Å². The lowest BCUT2D eigenvalue weighted by Gasteiger charge is -2.08. The van der Waals surface area contributed by atoms with Crippen LogP contribution in [-0.2, 0) is 9.84 Å². The summed E-state index contributed by atoms with van der Waals surface area (Å²) in [5.74, 6) is 1.23. The Bertz CT molecular complexity index is 822. The smallest absolute Gasteiger partial charge is 0.193 e. The van der Waals surface area contributed by atoms with Gasteiger partial charge in [-0.2, -0.15) is 0 Å². The van der Waals surface area contributed by atoms with E-state index in [0.717, 1.165) is 11.0 Å². The fourth-order valence-corrected chi connectivity index (χ4v) is 2.81. The van der Waals surface area contributed by atoms with Gasteiger partial charge in [-0.25, -0.2) is 8.42 Å². The summed E-state index contributed by atoms with van der Waals surface area (Å²) in [6.45, 7) is 2.45. The first kappa shape index (κ1) is 17.8. The van der Waals surface area contributed by atoms with E-state index in [4.69, 9.17) is 9.47 Å². The summed E-state index contributed by atoms with van der Waals surface area (Å²) in [4.78, 5) is 0. The highest BCUT2D eigenvalue weighted by Gasteiger charge is 2.05. The van der Waals surface area contributed by atoms with Gasteiger partial charge in [0, 0.05) is 22.4 Å². The third-order valence-electron chi connectivity index (χ3n) is 3.20. The van der Waals surface area contributed by atoms with E-state index in [1.54, 1.807) is 24.3 Å². The molecule has 0 fully saturated rings. The SMILES string of the molecule is CCOc1ccc(/C=C/S(=O)(=O)/C=C\c2ccccc2)c(OC)c1. The maximum Gasteiger partial charge on any atom is 0.193 e. The van der Waals surface area contributed by atoms with E-state index in [9.17, 15) is 8.42 Å². The molecule has 0 radical (unpaired) electrons. The number of hydrogen-bond donors (Lipinski definition) is 0. The molecule has 2 aromatic rings. The molecule has 0 heterocycles. The molecule has 2 rings (SSSR count). The summed E-state index contributed by atoms with van der Waals surface area (Å²) in [5.41, 5.74) is 1.49. The predicted octanol–water partition coefficient (Wildman–Crippen LogP) is 4.15. The Kier molecular flexibility index (Phi) is 6.21. The van der Waals surface area contributed by atoms with Crippen molar-refractivity contribution in [1.82, 2.24) is 0 Å². The van der Waals surface area contributed by atoms with Gasteiger partial charge in [0.05, 0.1) is 13.7 Å². The van der Waals surface area contributed by atoms with Crippen LogP contribution in [0.3, 0.4) is 0 Å². The molecule has 0 spiro atoms. The third kappa shape index (κ3) is 5.28. The maximum absolute atomic E-state index is 12.1. The molecule has 0 aliphatic heterocycles. The van der Waals surface area contributed by atoms with Crippen molar-refractivity contribution in [2.75, 3.05) is 13.7 Å². The molecule has 0 amide bonds. The van der Waals surface area contributed by atoms with Crippen LogP contribution in [0.15, 0.2) is 59.3 Å². The minimum absolute atomic E-state index is 0.553. The highest BCUT2D eigenvalue weighted by Crippen LogP contribution is 2.26. The number of sulfone groups is 1. The van der Waals surface area contributed by atoms with Gasteiger partial charge in [-0.3, -0.25) is 0 Å². The van der Waals surface area contributed by atoms with Crippen molar-refractivity contribution in [3.05, 3.63) is 70.5 Å². The summed E-state index contributed by atoms with van der Waals surface area (Å²) < 4.78 is 34.9. The molecule has 5 heteroatoms. The first-order chi connectivity index (χ1) is 11.5. The highest BCUT2D eigenvalue weighted by atomic mass is 32.2. The molecule has 0 bridgehead atoms. The number of benzene rings is 2. The summed E-state index contributed by atoms with van der Waals surface area (Å²) in [5, 5.41) is 2.34. The van der Waals surface area contributed by atoms with Crippen LogP contribution in [0, 0.1) is 0 Å². The lowest BCUT2D eigenvalue weighted by atomic mass is 10.2. The Labute approximate surface area is 143 Å². The number of hydrogen-bond acceptors (Lipinski definition) is 4. The zero-order chi connectivity index (χ0) is 17.4. The zero-order valence-corrected chi connectivity index (χ0v) is 14.5. The van der Waals surface area contributed by atoms with E-state index < -0.39 is 9.84 Å². The van der Waals surface area contributed by atoms with Crippen molar-refractivity contribution in [2.45, 2.75) is 6.92 Å². The molecule has 0 N–H and O–H groups in total. The maximum atomic E-state index is 12.1. The minimum Gasteiger partial charge on any atom is -0.496 e. The summed E-state index contributed by atoms with van der Waals surface area (Å²) in [6.07, 6.45) is 3.08. The van der Waals surface area contributed by atoms with Crippen molar-refractivity contribution < 1.29 is 17.9 Å². The molecule has 4 nitrogen and oxygen atoms in total. The molecule has 0 atom stereocenters. The Morgan fingerprint density at radius 1 is 1.00 bits per heavy atom. The second-order valence-corrected chi connectivity index (χ2v) is 6.66. The fourth-order valence-electron chi connectivity index (χ4n) is 2.04. The quantitative estimate of drug-likeness (QED) is 0.757. The second-order valence-electron chi connectivity index (χ2n) is 4.94. The fraction of sp³-hybridized carbons (Fsp3) is 0.158. The molecule has 0 saturated carbocycles. The average molecular weight is 344 g/mol. The zero-order valence-electron chi connectivity index (χ0n) is 13.7. The highest BCUT2D eigenvalue weighted by molar-refractivity contribution is 7.97. The van der Waals surface area contributed by atoms with E-state index in [1.807, 2.05) is 37.3 Å². The summed E-state index contributed by atoms with van der Waals surface area (Å²) in [7, 11) is -1.94. The minimum atomic E-state index is -3.47. The molecular weight excluding hydrogens is 324 g/mol. The molecule has 0 aliphatic carbocycles. The molecule has 0 saturated heterocycles. The normalized spacial score (nSPS) is 11.9. The molecule has 0 aliphatic rings. The predicted molar refractivity (Wildman–Crippen MR) is 97.6 cm³/mol. The Morgan fingerprint density at radius 3 is 2.38 bits per heavy atom. The van der Waals surface area contributed by atoms with Crippen LogP contribution < -0.4 is 9.47 Å². The number of methoxy groups -OCH3 is 1. The van der Waals surface area contributed by atoms with Crippen LogP contribution in [0.5, 0.6) is 11.5 Å². The Morgan fingerprint density at radius 2 is 1.71 bits per heavy atom. The van der Waals surface area contributed by atoms with Gasteiger partial charge in [-0.15, -0.1) is 0 Å². The van der Waals surface area contributed by atoms with Gasteiger partial charge in [0.1, 0.15) is 11.5 Å². The second kappa shape index (κ2) is 8.36. The lowest BCUT2D eigenvalue weighted by molar-refractivity contribution is 0.336. The van der Waals surface area contributed by atoms with Crippen molar-refractivity contribution in [3.8, 4) is 11.5 Å². The molecule has 2 aromatic carbocycles. The Hall–Kier alpha value is -2.53. The van der Waals surface area contributed by atoms with Crippen LogP contribution in [0.25, 0.3) is 12.2 Å². The van der Waals surface area contributed by atoms with E-state index in [0.29, 0.717) is 23.7 Å². The van der Waals surface area contributed by atoms with Crippen molar-refractivity contribution >= 4 is 22.0 Å². The summed E-state index contributed by atoms with van der Waals surface area (Å²) in [6, 6.07) is 14.5. The van der Waals surface area contributed by atoms with Gasteiger partial charge >= 0.3 is 0 Å². The summed E-state index contributed by atoms with van der Waals surface area (Å²) >= 11 is 0. The monoisotopic (exact) mass is 344 g/mol. The van der Waals surface area contributed by atoms with Crippen LogP contribution in [0.2, 0.25) is 0 Å². The standard InChI is InChI=1S/C19H20O4S/c1-3-23-18-10-9-17(19(15-18)22-2)12-14-24(20,21)13-11-16-7-5-4-6-8-16/h4-15H,3H2,1-2H3/b13-11-,14-12+. The van der Waals surface area contributed by atoms with Gasteiger partial charge in [0.25, 0.3) is 0 Å². The van der Waals surface area contributed by atoms with Gasteiger partial charge in [-0.1, -0.05) is 30.3 Å². The Balaban J connectivity index is 2.18. The van der Waals surface area contributed by atoms with Crippen molar-refractivity contribution in [3.63, 3.8) is 0 Å². The van der Waals surface area contributed by atoms with Crippen LogP contribution in [-0.4, -0.2) is 22.1 Å². The largest absolute Gasteiger partial charge is 0.496 e. The molecule has 24 heavy (non-hydrogen) atoms. The van der Waals surface area contributed by atoms with Crippen LogP contribution in [0.1, 0.15) is 18.1 Å². The number of rotatable bonds is 7. The van der Waals surface area contributed by atoms with Gasteiger partial charge < -0.3 is 9.47 Å². The van der Waals surface area contributed by atoms with E-state index >= 15 is 0 Å². The number of ether oxygens (including phenoxy) is 2. The van der Waals surface area contributed by atoms with E-state index in [2.05, 4.69) is 0 Å². The lowest BCUT2D eigenvalue weighted by Crippen LogP contribution is -1.94. The van der Waals surface area contributed by atoms with Crippen LogP contribution >= 0.6 is 0 Å². The first-order valence-electron chi connectivity index (χ1n) is 7.51. The van der Waals surface area contributed by atoms with Gasteiger partial charge in [0.2, 0.25) is 0 Å². The molecule has 126 valence electrons. The molecule has 0 aromatic heterocycles. The average Bonchev–Trinajstić information content (AvgIpc) is 2.60. The van der Waals surface area contributed by atoms with Gasteiger partial charge in [-0.05, 0) is 36.8 Å². The van der Waals surface area contributed by atoms with Crippen LogP contribution in [0.4, 0.5) is 0 Å². The van der Waals surface area contributed by atoms with Crippen molar-refractivity contribution in [2.24, 2.45) is 0 Å². The van der Waals surface area contributed by atoms with E-state index in [-0.39, 0.29) is 0 Å². The van der Waals surface area contributed by atoms with E-state index in [1.165, 1.54) is 18.6 Å². The third-order valence-corrected chi connectivity index (χ3v) is 4.23. The first-order valence-corrected chi connectivity index (χ1v) is 9.12.